The molecule has 0 aliphatic rings. The van der Waals surface area contributed by atoms with Gasteiger partial charge in [0.05, 0.1) is 5.39 Å². The van der Waals surface area contributed by atoms with Gasteiger partial charge in [-0.25, -0.2) is 4.98 Å². The standard InChI is InChI=1S/C18H18Br2N2OS/c19-13-9-12(10-14(20)11-13)5-3-1-2-4-6-16-21-17(23)15-7-8-24-18(15)22-16/h7-11H,1-6H2,(H,21,22,23). The number of benzene rings is 1. The third kappa shape index (κ3) is 4.77. The Balaban J connectivity index is 1.42. The van der Waals surface area contributed by atoms with Crippen molar-refractivity contribution in [1.82, 2.24) is 9.97 Å². The average molecular weight is 470 g/mol. The molecule has 0 fully saturated rings. The highest BCUT2D eigenvalue weighted by Gasteiger charge is 2.04. The first kappa shape index (κ1) is 17.8. The summed E-state index contributed by atoms with van der Waals surface area (Å²) in [5.41, 5.74) is 1.34. The fraction of sp³-hybridized carbons (Fsp3) is 0.333. The summed E-state index contributed by atoms with van der Waals surface area (Å²) in [6.07, 6.45) is 6.51. The largest absolute Gasteiger partial charge is 0.310 e. The van der Waals surface area contributed by atoms with Crippen LogP contribution >= 0.6 is 43.2 Å². The number of rotatable bonds is 7. The lowest BCUT2D eigenvalue weighted by atomic mass is 10.1. The molecule has 3 aromatic rings. The maximum atomic E-state index is 11.9. The lowest BCUT2D eigenvalue weighted by Crippen LogP contribution is -2.10. The van der Waals surface area contributed by atoms with Crippen LogP contribution in [0.3, 0.4) is 0 Å². The molecule has 0 aliphatic heterocycles. The van der Waals surface area contributed by atoms with Crippen molar-refractivity contribution in [3.05, 3.63) is 60.3 Å². The van der Waals surface area contributed by atoms with E-state index in [0.717, 1.165) is 45.3 Å². The van der Waals surface area contributed by atoms with Gasteiger partial charge in [0.25, 0.3) is 5.56 Å². The Labute approximate surface area is 161 Å². The Morgan fingerprint density at radius 2 is 1.71 bits per heavy atom. The molecule has 0 unspecified atom stereocenters. The molecule has 0 saturated carbocycles. The van der Waals surface area contributed by atoms with Crippen LogP contribution in [-0.2, 0) is 12.8 Å². The first-order valence-electron chi connectivity index (χ1n) is 8.03. The second kappa shape index (κ2) is 8.41. The van der Waals surface area contributed by atoms with E-state index in [-0.39, 0.29) is 5.56 Å². The van der Waals surface area contributed by atoms with Crippen LogP contribution in [-0.4, -0.2) is 9.97 Å². The molecule has 2 heterocycles. The lowest BCUT2D eigenvalue weighted by molar-refractivity contribution is 0.630. The molecule has 126 valence electrons. The Morgan fingerprint density at radius 3 is 2.46 bits per heavy atom. The smallest absolute Gasteiger partial charge is 0.259 e. The molecule has 1 aromatic carbocycles. The molecule has 1 N–H and O–H groups in total. The zero-order valence-corrected chi connectivity index (χ0v) is 17.1. The SMILES string of the molecule is O=c1[nH]c(CCCCCCc2cc(Br)cc(Br)c2)nc2sccc12. The van der Waals surface area contributed by atoms with Crippen LogP contribution in [0.2, 0.25) is 0 Å². The molecule has 0 spiro atoms. The molecule has 6 heteroatoms. The van der Waals surface area contributed by atoms with Crippen molar-refractivity contribution in [2.24, 2.45) is 0 Å². The summed E-state index contributed by atoms with van der Waals surface area (Å²) in [5, 5.41) is 2.61. The second-order valence-electron chi connectivity index (χ2n) is 5.84. The molecule has 24 heavy (non-hydrogen) atoms. The highest BCUT2D eigenvalue weighted by molar-refractivity contribution is 9.11. The van der Waals surface area contributed by atoms with Crippen LogP contribution in [0.5, 0.6) is 0 Å². The fourth-order valence-corrected chi connectivity index (χ4v) is 4.93. The van der Waals surface area contributed by atoms with Crippen molar-refractivity contribution < 1.29 is 0 Å². The Kier molecular flexibility index (Phi) is 6.25. The summed E-state index contributed by atoms with van der Waals surface area (Å²) in [5.74, 6) is 0.811. The van der Waals surface area contributed by atoms with Gasteiger partial charge in [0.1, 0.15) is 10.7 Å². The van der Waals surface area contributed by atoms with Gasteiger partial charge in [-0.2, -0.15) is 0 Å². The number of halogens is 2. The van der Waals surface area contributed by atoms with E-state index in [1.165, 1.54) is 29.7 Å². The van der Waals surface area contributed by atoms with Gasteiger partial charge in [0.15, 0.2) is 0 Å². The number of hydrogen-bond acceptors (Lipinski definition) is 3. The molecule has 0 amide bonds. The predicted octanol–water partition coefficient (Wildman–Crippen LogP) is 5.86. The van der Waals surface area contributed by atoms with Crippen molar-refractivity contribution in [2.45, 2.75) is 38.5 Å². The molecule has 0 saturated heterocycles. The third-order valence-corrected chi connectivity index (χ3v) is 5.66. The number of hydrogen-bond donors (Lipinski definition) is 1. The minimum absolute atomic E-state index is 0.0171. The summed E-state index contributed by atoms with van der Waals surface area (Å²) in [7, 11) is 0. The van der Waals surface area contributed by atoms with E-state index in [0.29, 0.717) is 5.39 Å². The zero-order chi connectivity index (χ0) is 16.9. The topological polar surface area (TPSA) is 45.8 Å². The number of aromatic nitrogens is 2. The molecule has 3 nitrogen and oxygen atoms in total. The van der Waals surface area contributed by atoms with E-state index in [2.05, 4.69) is 60.0 Å². The number of unbranched alkanes of at least 4 members (excludes halogenated alkanes) is 3. The van der Waals surface area contributed by atoms with Crippen LogP contribution in [0.1, 0.15) is 37.1 Å². The van der Waals surface area contributed by atoms with Gasteiger partial charge in [-0.05, 0) is 54.5 Å². The van der Waals surface area contributed by atoms with Crippen molar-refractivity contribution in [3.8, 4) is 0 Å². The van der Waals surface area contributed by atoms with Crippen molar-refractivity contribution >= 4 is 53.4 Å². The number of H-pyrrole nitrogens is 1. The summed E-state index contributed by atoms with van der Waals surface area (Å²) in [6, 6.07) is 8.24. The zero-order valence-electron chi connectivity index (χ0n) is 13.1. The number of aromatic amines is 1. The number of nitrogens with zero attached hydrogens (tertiary/aromatic N) is 1. The number of nitrogens with one attached hydrogen (secondary N) is 1. The predicted molar refractivity (Wildman–Crippen MR) is 108 cm³/mol. The Morgan fingerprint density at radius 1 is 1.00 bits per heavy atom. The normalized spacial score (nSPS) is 11.2. The average Bonchev–Trinajstić information content (AvgIpc) is 2.99. The van der Waals surface area contributed by atoms with Crippen LogP contribution < -0.4 is 5.56 Å². The van der Waals surface area contributed by atoms with Crippen LogP contribution in [0.15, 0.2) is 43.4 Å². The van der Waals surface area contributed by atoms with E-state index in [9.17, 15) is 4.79 Å². The van der Waals surface area contributed by atoms with E-state index in [1.54, 1.807) is 0 Å². The molecule has 3 rings (SSSR count). The van der Waals surface area contributed by atoms with Gasteiger partial charge in [0, 0.05) is 15.4 Å². The van der Waals surface area contributed by atoms with Crippen LogP contribution in [0, 0.1) is 0 Å². The van der Waals surface area contributed by atoms with Gasteiger partial charge in [-0.15, -0.1) is 11.3 Å². The van der Waals surface area contributed by atoms with E-state index < -0.39 is 0 Å². The maximum Gasteiger partial charge on any atom is 0.259 e. The van der Waals surface area contributed by atoms with Gasteiger partial charge in [0.2, 0.25) is 0 Å². The number of aryl methyl sites for hydroxylation is 2. The minimum atomic E-state index is -0.0171. The first-order valence-corrected chi connectivity index (χ1v) is 10.5. The summed E-state index contributed by atoms with van der Waals surface area (Å²) in [4.78, 5) is 20.2. The van der Waals surface area contributed by atoms with Crippen molar-refractivity contribution in [1.29, 1.82) is 0 Å². The molecule has 2 aromatic heterocycles. The van der Waals surface area contributed by atoms with Crippen molar-refractivity contribution in [2.75, 3.05) is 0 Å². The van der Waals surface area contributed by atoms with E-state index >= 15 is 0 Å². The van der Waals surface area contributed by atoms with Crippen molar-refractivity contribution in [3.63, 3.8) is 0 Å². The number of thiophene rings is 1. The monoisotopic (exact) mass is 468 g/mol. The highest BCUT2D eigenvalue weighted by atomic mass is 79.9. The molecular weight excluding hydrogens is 452 g/mol. The van der Waals surface area contributed by atoms with Gasteiger partial charge < -0.3 is 4.98 Å². The van der Waals surface area contributed by atoms with Gasteiger partial charge in [-0.3, -0.25) is 4.79 Å². The van der Waals surface area contributed by atoms with E-state index in [4.69, 9.17) is 0 Å². The summed E-state index contributed by atoms with van der Waals surface area (Å²) >= 11 is 8.58. The Bertz CT molecular complexity index is 868. The summed E-state index contributed by atoms with van der Waals surface area (Å²) < 4.78 is 2.23. The fourth-order valence-electron chi connectivity index (χ4n) is 2.76. The number of fused-ring (bicyclic) bond motifs is 1. The summed E-state index contributed by atoms with van der Waals surface area (Å²) in [6.45, 7) is 0. The molecule has 0 bridgehead atoms. The molecule has 0 aliphatic carbocycles. The second-order valence-corrected chi connectivity index (χ2v) is 8.57. The molecule has 0 radical (unpaired) electrons. The van der Waals surface area contributed by atoms with Gasteiger partial charge >= 0.3 is 0 Å². The highest BCUT2D eigenvalue weighted by Crippen LogP contribution is 2.21. The van der Waals surface area contributed by atoms with E-state index in [1.807, 2.05) is 11.4 Å². The first-order chi connectivity index (χ1) is 11.6. The van der Waals surface area contributed by atoms with Crippen LogP contribution in [0.4, 0.5) is 0 Å². The molecular formula is C18H18Br2N2OS. The third-order valence-electron chi connectivity index (χ3n) is 3.94. The Hall–Kier alpha value is -0.980. The minimum Gasteiger partial charge on any atom is -0.310 e. The maximum absolute atomic E-state index is 11.9. The van der Waals surface area contributed by atoms with Gasteiger partial charge in [-0.1, -0.05) is 44.7 Å². The lowest BCUT2D eigenvalue weighted by Gasteiger charge is -2.04. The van der Waals surface area contributed by atoms with Crippen LogP contribution in [0.25, 0.3) is 10.2 Å². The quantitative estimate of drug-likeness (QED) is 0.440. The molecule has 0 atom stereocenters.